The van der Waals surface area contributed by atoms with Crippen LogP contribution in [0.1, 0.15) is 30.1 Å². The lowest BCUT2D eigenvalue weighted by molar-refractivity contribution is 0.0938. The molecule has 0 spiro atoms. The van der Waals surface area contributed by atoms with Crippen LogP contribution in [-0.4, -0.2) is 14.2 Å². The van der Waals surface area contributed by atoms with Crippen LogP contribution < -0.4 is 4.74 Å². The molecule has 0 amide bonds. The first-order valence-corrected chi connectivity index (χ1v) is 7.04. The first-order chi connectivity index (χ1) is 9.83. The smallest absolute Gasteiger partial charge is 0.118 e. The number of aryl methyl sites for hydroxylation is 1. The molecular weight excluding hydrogens is 248 g/mol. The van der Waals surface area contributed by atoms with Gasteiger partial charge in [-0.15, -0.1) is 0 Å². The summed E-state index contributed by atoms with van der Waals surface area (Å²) in [7, 11) is 3.46. The zero-order valence-corrected chi connectivity index (χ0v) is 12.2. The lowest BCUT2D eigenvalue weighted by Crippen LogP contribution is -2.02. The molecule has 20 heavy (non-hydrogen) atoms. The Bertz CT molecular complexity index is 491. The maximum absolute atomic E-state index is 5.61. The van der Waals surface area contributed by atoms with Crippen molar-refractivity contribution >= 4 is 0 Å². The Hall–Kier alpha value is -1.80. The van der Waals surface area contributed by atoms with E-state index in [9.17, 15) is 0 Å². The lowest BCUT2D eigenvalue weighted by atomic mass is 10.0. The molecule has 2 heteroatoms. The summed E-state index contributed by atoms with van der Waals surface area (Å²) in [6.45, 7) is 0. The Balaban J connectivity index is 1.88. The Morgan fingerprint density at radius 3 is 2.20 bits per heavy atom. The zero-order chi connectivity index (χ0) is 14.2. The van der Waals surface area contributed by atoms with Gasteiger partial charge in [-0.1, -0.05) is 42.5 Å². The molecule has 2 aromatic carbocycles. The van der Waals surface area contributed by atoms with E-state index in [1.807, 2.05) is 12.1 Å². The number of methoxy groups -OCH3 is 2. The van der Waals surface area contributed by atoms with Gasteiger partial charge in [0.1, 0.15) is 5.75 Å². The van der Waals surface area contributed by atoms with E-state index in [2.05, 4.69) is 42.5 Å². The van der Waals surface area contributed by atoms with Crippen molar-refractivity contribution in [2.75, 3.05) is 14.2 Å². The van der Waals surface area contributed by atoms with Crippen LogP contribution >= 0.6 is 0 Å². The SMILES string of the molecule is COc1ccc(C(CCCc2ccccc2)OC)cc1. The van der Waals surface area contributed by atoms with Gasteiger partial charge in [0.25, 0.3) is 0 Å². The molecule has 0 aromatic heterocycles. The third-order valence-corrected chi connectivity index (χ3v) is 3.55. The predicted molar refractivity (Wildman–Crippen MR) is 82.1 cm³/mol. The normalized spacial score (nSPS) is 12.1. The van der Waals surface area contributed by atoms with Crippen molar-refractivity contribution in [1.29, 1.82) is 0 Å². The van der Waals surface area contributed by atoms with Crippen LogP contribution in [0.3, 0.4) is 0 Å². The van der Waals surface area contributed by atoms with Crippen LogP contribution in [0.5, 0.6) is 5.75 Å². The predicted octanol–water partition coefficient (Wildman–Crippen LogP) is 4.41. The van der Waals surface area contributed by atoms with E-state index in [4.69, 9.17) is 9.47 Å². The van der Waals surface area contributed by atoms with Crippen molar-refractivity contribution in [1.82, 2.24) is 0 Å². The van der Waals surface area contributed by atoms with Crippen LogP contribution in [0.4, 0.5) is 0 Å². The van der Waals surface area contributed by atoms with E-state index in [1.54, 1.807) is 14.2 Å². The standard InChI is InChI=1S/C18H22O2/c1-19-17-13-11-16(12-14-17)18(20-2)10-6-9-15-7-4-3-5-8-15/h3-5,7-8,11-14,18H,6,9-10H2,1-2H3. The van der Waals surface area contributed by atoms with Crippen molar-refractivity contribution in [3.05, 3.63) is 65.7 Å². The molecule has 2 aromatic rings. The van der Waals surface area contributed by atoms with E-state index in [0.29, 0.717) is 0 Å². The summed E-state index contributed by atoms with van der Waals surface area (Å²) in [5.41, 5.74) is 2.60. The van der Waals surface area contributed by atoms with Crippen molar-refractivity contribution in [2.45, 2.75) is 25.4 Å². The van der Waals surface area contributed by atoms with Crippen molar-refractivity contribution in [3.8, 4) is 5.75 Å². The molecule has 0 aliphatic rings. The van der Waals surface area contributed by atoms with Crippen molar-refractivity contribution in [3.63, 3.8) is 0 Å². The Labute approximate surface area is 121 Å². The van der Waals surface area contributed by atoms with Gasteiger partial charge < -0.3 is 9.47 Å². The van der Waals surface area contributed by atoms with Gasteiger partial charge in [0.05, 0.1) is 13.2 Å². The molecule has 0 bridgehead atoms. The molecule has 1 atom stereocenters. The number of hydrogen-bond donors (Lipinski definition) is 0. The van der Waals surface area contributed by atoms with Crippen LogP contribution in [0.15, 0.2) is 54.6 Å². The average molecular weight is 270 g/mol. The summed E-state index contributed by atoms with van der Waals surface area (Å²) in [6.07, 6.45) is 3.40. The topological polar surface area (TPSA) is 18.5 Å². The molecular formula is C18H22O2. The Kier molecular flexibility index (Phi) is 5.63. The minimum absolute atomic E-state index is 0.157. The van der Waals surface area contributed by atoms with E-state index in [0.717, 1.165) is 25.0 Å². The van der Waals surface area contributed by atoms with Crippen LogP contribution in [-0.2, 0) is 11.2 Å². The Morgan fingerprint density at radius 2 is 1.60 bits per heavy atom. The van der Waals surface area contributed by atoms with Gasteiger partial charge in [0, 0.05) is 7.11 Å². The molecule has 0 saturated heterocycles. The molecule has 1 unspecified atom stereocenters. The van der Waals surface area contributed by atoms with E-state index < -0.39 is 0 Å². The molecule has 2 nitrogen and oxygen atoms in total. The highest BCUT2D eigenvalue weighted by molar-refractivity contribution is 5.28. The number of benzene rings is 2. The van der Waals surface area contributed by atoms with Crippen molar-refractivity contribution < 1.29 is 9.47 Å². The summed E-state index contributed by atoms with van der Waals surface area (Å²) in [5.74, 6) is 0.882. The fraction of sp³-hybridized carbons (Fsp3) is 0.333. The summed E-state index contributed by atoms with van der Waals surface area (Å²) in [4.78, 5) is 0. The highest BCUT2D eigenvalue weighted by Gasteiger charge is 2.10. The summed E-state index contributed by atoms with van der Waals surface area (Å²) < 4.78 is 10.8. The molecule has 0 saturated carbocycles. The molecule has 2 rings (SSSR count). The quantitative estimate of drug-likeness (QED) is 0.742. The number of rotatable bonds is 7. The molecule has 0 heterocycles. The fourth-order valence-corrected chi connectivity index (χ4v) is 2.38. The number of ether oxygens (including phenoxy) is 2. The minimum atomic E-state index is 0.157. The van der Waals surface area contributed by atoms with Gasteiger partial charge in [0.15, 0.2) is 0 Å². The lowest BCUT2D eigenvalue weighted by Gasteiger charge is -2.16. The Morgan fingerprint density at radius 1 is 0.900 bits per heavy atom. The number of hydrogen-bond acceptors (Lipinski definition) is 2. The third kappa shape index (κ3) is 4.10. The van der Waals surface area contributed by atoms with Gasteiger partial charge in [-0.05, 0) is 42.5 Å². The zero-order valence-electron chi connectivity index (χ0n) is 12.2. The first kappa shape index (κ1) is 14.6. The monoisotopic (exact) mass is 270 g/mol. The highest BCUT2D eigenvalue weighted by atomic mass is 16.5. The van der Waals surface area contributed by atoms with Crippen LogP contribution in [0.25, 0.3) is 0 Å². The van der Waals surface area contributed by atoms with Gasteiger partial charge in [-0.25, -0.2) is 0 Å². The van der Waals surface area contributed by atoms with Crippen LogP contribution in [0, 0.1) is 0 Å². The minimum Gasteiger partial charge on any atom is -0.497 e. The maximum Gasteiger partial charge on any atom is 0.118 e. The third-order valence-electron chi connectivity index (χ3n) is 3.55. The largest absolute Gasteiger partial charge is 0.497 e. The van der Waals surface area contributed by atoms with E-state index >= 15 is 0 Å². The summed E-state index contributed by atoms with van der Waals surface area (Å²) in [5, 5.41) is 0. The molecule has 0 fully saturated rings. The second kappa shape index (κ2) is 7.71. The van der Waals surface area contributed by atoms with Crippen LogP contribution in [0.2, 0.25) is 0 Å². The fourth-order valence-electron chi connectivity index (χ4n) is 2.38. The highest BCUT2D eigenvalue weighted by Crippen LogP contribution is 2.24. The average Bonchev–Trinajstić information content (AvgIpc) is 2.53. The second-order valence-corrected chi connectivity index (χ2v) is 4.88. The molecule has 0 aliphatic heterocycles. The molecule has 0 aliphatic carbocycles. The molecule has 0 radical (unpaired) electrons. The van der Waals surface area contributed by atoms with E-state index in [1.165, 1.54) is 11.1 Å². The van der Waals surface area contributed by atoms with Gasteiger partial charge in [-0.2, -0.15) is 0 Å². The first-order valence-electron chi connectivity index (χ1n) is 7.04. The van der Waals surface area contributed by atoms with Gasteiger partial charge in [0.2, 0.25) is 0 Å². The second-order valence-electron chi connectivity index (χ2n) is 4.88. The summed E-state index contributed by atoms with van der Waals surface area (Å²) >= 11 is 0. The molecule has 0 N–H and O–H groups in total. The van der Waals surface area contributed by atoms with E-state index in [-0.39, 0.29) is 6.10 Å². The van der Waals surface area contributed by atoms with Gasteiger partial charge >= 0.3 is 0 Å². The summed E-state index contributed by atoms with van der Waals surface area (Å²) in [6, 6.07) is 18.7. The van der Waals surface area contributed by atoms with Gasteiger partial charge in [-0.3, -0.25) is 0 Å². The molecule has 106 valence electrons. The van der Waals surface area contributed by atoms with Crippen molar-refractivity contribution in [2.24, 2.45) is 0 Å². The maximum atomic E-state index is 5.61.